The number of aliphatic hydroxyl groups is 1. The van der Waals surface area contributed by atoms with Gasteiger partial charge in [0.2, 0.25) is 5.91 Å². The molecule has 1 aliphatic carbocycles. The summed E-state index contributed by atoms with van der Waals surface area (Å²) in [6, 6.07) is 18.9. The number of thiazole rings is 1. The van der Waals surface area contributed by atoms with Gasteiger partial charge in [0.15, 0.2) is 0 Å². The molecule has 5 rings (SSSR count). The lowest BCUT2D eigenvalue weighted by molar-refractivity contribution is -0.129. The zero-order chi connectivity index (χ0) is 29.7. The Hall–Kier alpha value is -2.82. The zero-order valence-corrected chi connectivity index (χ0v) is 26.1. The Kier molecular flexibility index (Phi) is 9.64. The number of carbonyl (C=O) groups is 1. The van der Waals surface area contributed by atoms with Crippen LogP contribution in [-0.2, 0) is 10.3 Å². The summed E-state index contributed by atoms with van der Waals surface area (Å²) in [6.07, 6.45) is 8.59. The molecule has 3 aromatic rings. The van der Waals surface area contributed by atoms with Crippen LogP contribution < -0.4 is 11.5 Å². The predicted molar refractivity (Wildman–Crippen MR) is 175 cm³/mol. The first-order chi connectivity index (χ1) is 20.3. The van der Waals surface area contributed by atoms with E-state index in [1.54, 1.807) is 23.1 Å². The summed E-state index contributed by atoms with van der Waals surface area (Å²) in [4.78, 5) is 25.6. The largest absolute Gasteiger partial charge is 0.396 e. The predicted octanol–water partition coefficient (Wildman–Crippen LogP) is 5.45. The average Bonchev–Trinajstić information content (AvgIpc) is 3.36. The molecule has 1 saturated carbocycles. The Bertz CT molecular complexity index is 1430. The highest BCUT2D eigenvalue weighted by Gasteiger charge is 2.49. The molecule has 42 heavy (non-hydrogen) atoms. The number of aliphatic hydroxyl groups excluding tert-OH is 1. The molecule has 0 radical (unpaired) electrons. The first-order valence-electron chi connectivity index (χ1n) is 14.6. The molecule has 222 valence electrons. The quantitative estimate of drug-likeness (QED) is 0.179. The molecule has 1 saturated heterocycles. The third kappa shape index (κ3) is 6.87. The molecule has 1 aromatic heterocycles. The summed E-state index contributed by atoms with van der Waals surface area (Å²) in [5.41, 5.74) is 15.1. The summed E-state index contributed by atoms with van der Waals surface area (Å²) in [5.74, 6) is 0.360. The molecule has 9 heteroatoms. The number of hydrogen-bond donors (Lipinski definition) is 3. The molecule has 1 atom stereocenters. The van der Waals surface area contributed by atoms with Crippen molar-refractivity contribution in [3.8, 4) is 0 Å². The Morgan fingerprint density at radius 2 is 1.90 bits per heavy atom. The van der Waals surface area contributed by atoms with E-state index >= 15 is 0 Å². The van der Waals surface area contributed by atoms with E-state index in [0.717, 1.165) is 81.7 Å². The van der Waals surface area contributed by atoms with E-state index < -0.39 is 0 Å². The van der Waals surface area contributed by atoms with Crippen LogP contribution in [0, 0.1) is 5.41 Å². The molecule has 1 aliphatic heterocycles. The van der Waals surface area contributed by atoms with Crippen molar-refractivity contribution < 1.29 is 9.90 Å². The molecule has 5 N–H and O–H groups in total. The second-order valence-electron chi connectivity index (χ2n) is 11.9. The van der Waals surface area contributed by atoms with Crippen molar-refractivity contribution in [1.29, 1.82) is 0 Å². The van der Waals surface area contributed by atoms with Crippen molar-refractivity contribution in [3.63, 3.8) is 0 Å². The molecule has 1 unspecified atom stereocenters. The number of aromatic nitrogens is 1. The van der Waals surface area contributed by atoms with Crippen LogP contribution in [0.2, 0.25) is 0 Å². The molecular weight excluding hydrogens is 563 g/mol. The van der Waals surface area contributed by atoms with Crippen molar-refractivity contribution >= 4 is 45.0 Å². The van der Waals surface area contributed by atoms with Crippen LogP contribution in [-0.4, -0.2) is 59.2 Å². The fraction of sp³-hybridized carbons (Fsp3) is 0.424. The van der Waals surface area contributed by atoms with E-state index in [4.69, 9.17) is 16.5 Å². The maximum absolute atomic E-state index is 12.1. The molecular formula is C33H41N5O2S2. The van der Waals surface area contributed by atoms with E-state index in [0.29, 0.717) is 5.92 Å². The summed E-state index contributed by atoms with van der Waals surface area (Å²) in [5, 5.41) is 11.7. The zero-order valence-electron chi connectivity index (χ0n) is 24.5. The molecule has 7 nitrogen and oxygen atoms in total. The SMILES string of the molecule is CN=C(S/C(=C/c1ccc(C2(N)CC(C)(CO)C2)cc1)c1ccccc1)c1cnc(C2CCCN(C(=O)CN)CC2)s1. The van der Waals surface area contributed by atoms with E-state index in [1.165, 1.54) is 0 Å². The van der Waals surface area contributed by atoms with Gasteiger partial charge in [-0.3, -0.25) is 9.79 Å². The van der Waals surface area contributed by atoms with Gasteiger partial charge in [0.05, 0.1) is 16.4 Å². The molecule has 2 fully saturated rings. The normalized spacial score (nSPS) is 25.2. The van der Waals surface area contributed by atoms with Gasteiger partial charge in [-0.1, -0.05) is 73.3 Å². The molecule has 0 spiro atoms. The Labute approximate surface area is 257 Å². The first-order valence-corrected chi connectivity index (χ1v) is 16.3. The smallest absolute Gasteiger partial charge is 0.236 e. The fourth-order valence-corrected chi connectivity index (χ4v) is 8.40. The fourth-order valence-electron chi connectivity index (χ4n) is 6.23. The lowest BCUT2D eigenvalue weighted by Gasteiger charge is -2.52. The number of benzene rings is 2. The third-order valence-electron chi connectivity index (χ3n) is 8.46. The number of thioether (sulfide) groups is 1. The number of carbonyl (C=O) groups excluding carboxylic acids is 1. The molecule has 0 bridgehead atoms. The van der Waals surface area contributed by atoms with Gasteiger partial charge in [-0.05, 0) is 60.3 Å². The number of rotatable bonds is 8. The minimum Gasteiger partial charge on any atom is -0.396 e. The summed E-state index contributed by atoms with van der Waals surface area (Å²) < 4.78 is 0. The highest BCUT2D eigenvalue weighted by atomic mass is 32.2. The van der Waals surface area contributed by atoms with Crippen LogP contribution >= 0.6 is 23.1 Å². The van der Waals surface area contributed by atoms with Gasteiger partial charge in [0.1, 0.15) is 5.04 Å². The van der Waals surface area contributed by atoms with Gasteiger partial charge in [-0.2, -0.15) is 0 Å². The van der Waals surface area contributed by atoms with Crippen LogP contribution in [0.3, 0.4) is 0 Å². The van der Waals surface area contributed by atoms with Gasteiger partial charge >= 0.3 is 0 Å². The summed E-state index contributed by atoms with van der Waals surface area (Å²) in [6.45, 7) is 3.82. The standard InChI is InChI=1S/C33H41N5O2S2/c1-32(22-39)20-33(35,21-32)26-12-10-23(11-13-26)17-27(24-7-4-3-5-8-24)41-31(36-2)28-19-37-30(42-28)25-9-6-15-38(16-14-25)29(40)18-34/h3-5,7-8,10-13,17,19,25,39H,6,9,14-16,18,20-22,34-35H2,1-2H3/b27-17+,36-31?. The maximum atomic E-state index is 12.1. The lowest BCUT2D eigenvalue weighted by atomic mass is 9.57. The number of nitrogens with two attached hydrogens (primary N) is 2. The topological polar surface area (TPSA) is 118 Å². The molecule has 2 aromatic carbocycles. The second kappa shape index (κ2) is 13.2. The highest BCUT2D eigenvalue weighted by Crippen LogP contribution is 2.52. The van der Waals surface area contributed by atoms with Crippen LogP contribution in [0.4, 0.5) is 0 Å². The number of aliphatic imine (C=N–C) groups is 1. The van der Waals surface area contributed by atoms with Crippen LogP contribution in [0.25, 0.3) is 11.0 Å². The summed E-state index contributed by atoms with van der Waals surface area (Å²) in [7, 11) is 1.83. The number of amides is 1. The van der Waals surface area contributed by atoms with E-state index in [1.807, 2.05) is 24.2 Å². The van der Waals surface area contributed by atoms with E-state index in [-0.39, 0.29) is 30.0 Å². The van der Waals surface area contributed by atoms with Crippen LogP contribution in [0.5, 0.6) is 0 Å². The monoisotopic (exact) mass is 603 g/mol. The molecule has 1 amide bonds. The number of likely N-dealkylation sites (tertiary alicyclic amines) is 1. The third-order valence-corrected chi connectivity index (χ3v) is 10.9. The maximum Gasteiger partial charge on any atom is 0.236 e. The van der Waals surface area contributed by atoms with Crippen molar-refractivity contribution in [3.05, 3.63) is 87.4 Å². The van der Waals surface area contributed by atoms with Crippen molar-refractivity contribution in [1.82, 2.24) is 9.88 Å². The van der Waals surface area contributed by atoms with Crippen LogP contribution in [0.1, 0.15) is 71.5 Å². The van der Waals surface area contributed by atoms with Gasteiger partial charge in [-0.15, -0.1) is 11.3 Å². The number of nitrogens with zero attached hydrogens (tertiary/aromatic N) is 3. The van der Waals surface area contributed by atoms with Gasteiger partial charge < -0.3 is 21.5 Å². The lowest BCUT2D eigenvalue weighted by Crippen LogP contribution is -2.55. The van der Waals surface area contributed by atoms with Crippen LogP contribution in [0.15, 0.2) is 65.8 Å². The van der Waals surface area contributed by atoms with E-state index in [2.05, 4.69) is 66.5 Å². The Morgan fingerprint density at radius 1 is 1.17 bits per heavy atom. The summed E-state index contributed by atoms with van der Waals surface area (Å²) >= 11 is 3.36. The average molecular weight is 604 g/mol. The van der Waals surface area contributed by atoms with Gasteiger partial charge in [-0.25, -0.2) is 4.98 Å². The van der Waals surface area contributed by atoms with Gasteiger partial charge in [0.25, 0.3) is 0 Å². The molecule has 2 aliphatic rings. The van der Waals surface area contributed by atoms with Crippen molar-refractivity contribution in [2.45, 2.75) is 50.5 Å². The second-order valence-corrected chi connectivity index (χ2v) is 14.0. The van der Waals surface area contributed by atoms with E-state index in [9.17, 15) is 9.90 Å². The van der Waals surface area contributed by atoms with Crippen molar-refractivity contribution in [2.24, 2.45) is 21.9 Å². The Morgan fingerprint density at radius 3 is 2.57 bits per heavy atom. The molecule has 2 heterocycles. The minimum atomic E-state index is -0.377. The van der Waals surface area contributed by atoms with Crippen molar-refractivity contribution in [2.75, 3.05) is 33.3 Å². The number of hydrogen-bond acceptors (Lipinski definition) is 8. The highest BCUT2D eigenvalue weighted by molar-refractivity contribution is 8.22. The van der Waals surface area contributed by atoms with Gasteiger partial charge in [0, 0.05) is 49.3 Å². The first kappa shape index (κ1) is 30.6. The Balaban J connectivity index is 1.34. The minimum absolute atomic E-state index is 0.0254.